The van der Waals surface area contributed by atoms with Crippen molar-refractivity contribution in [1.82, 2.24) is 5.32 Å². The molecule has 12 unspecified atom stereocenters. The number of Topliss-reactive ketones (excluding diaryl/α,β-unsaturated/α-hetero) is 1. The number of carbonyl (C=O) groups excluding carboxylic acids is 1. The van der Waals surface area contributed by atoms with Crippen molar-refractivity contribution in [1.29, 1.82) is 0 Å². The molecule has 4 fully saturated rings. The Morgan fingerprint density at radius 2 is 1.78 bits per heavy atom. The first-order valence-corrected chi connectivity index (χ1v) is 17.6. The summed E-state index contributed by atoms with van der Waals surface area (Å²) in [6, 6.07) is 0. The lowest BCUT2D eigenvalue weighted by atomic mass is 9.42. The van der Waals surface area contributed by atoms with E-state index in [1.165, 1.54) is 0 Å². The van der Waals surface area contributed by atoms with Crippen LogP contribution in [0.5, 0.6) is 0 Å². The van der Waals surface area contributed by atoms with Gasteiger partial charge in [-0.05, 0) is 129 Å². The molecule has 0 amide bonds. The third kappa shape index (κ3) is 4.24. The molecule has 0 radical (unpaired) electrons. The first kappa shape index (κ1) is 31.9. The van der Waals surface area contributed by atoms with E-state index < -0.39 is 45.9 Å². The van der Waals surface area contributed by atoms with Crippen LogP contribution in [-0.4, -0.2) is 67.9 Å². The highest BCUT2D eigenvalue weighted by molar-refractivity contribution is 6.00. The lowest BCUT2D eigenvalue weighted by Gasteiger charge is -2.63. The van der Waals surface area contributed by atoms with Gasteiger partial charge in [-0.1, -0.05) is 33.8 Å². The summed E-state index contributed by atoms with van der Waals surface area (Å²) in [4.78, 5) is 14.1. The van der Waals surface area contributed by atoms with Crippen molar-refractivity contribution in [2.75, 3.05) is 6.54 Å². The van der Waals surface area contributed by atoms with Gasteiger partial charge < -0.3 is 36.2 Å². The minimum Gasteiger partial charge on any atom is -0.393 e. The van der Waals surface area contributed by atoms with Gasteiger partial charge in [0, 0.05) is 17.9 Å². The summed E-state index contributed by atoms with van der Waals surface area (Å²) in [5.41, 5.74) is 3.95. The fourth-order valence-electron chi connectivity index (χ4n) is 11.6. The molecule has 5 aliphatic carbocycles. The predicted octanol–water partition coefficient (Wildman–Crippen LogP) is 4.02. The molecular weight excluding hydrogens is 568 g/mol. The largest absolute Gasteiger partial charge is 0.393 e. The number of ketones is 1. The minimum atomic E-state index is -1.27. The number of dihydropyridines is 1. The van der Waals surface area contributed by atoms with Gasteiger partial charge in [0.05, 0.1) is 28.7 Å². The molecule has 7 N–H and O–H groups in total. The number of ether oxygens (including phenoxy) is 1. The predicted molar refractivity (Wildman–Crippen MR) is 171 cm³/mol. The highest BCUT2D eigenvalue weighted by atomic mass is 16.6. The quantitative estimate of drug-likeness (QED) is 0.233. The maximum atomic E-state index is 14.1. The van der Waals surface area contributed by atoms with E-state index in [4.69, 9.17) is 10.5 Å². The third-order valence-electron chi connectivity index (χ3n) is 15.0. The second-order valence-electron chi connectivity index (χ2n) is 17.5. The van der Waals surface area contributed by atoms with Crippen LogP contribution < -0.4 is 11.1 Å². The maximum Gasteiger partial charge on any atom is 0.162 e. The Bertz CT molecular complexity index is 1380. The molecule has 1 saturated heterocycles. The summed E-state index contributed by atoms with van der Waals surface area (Å²) < 4.78 is 6.28. The first-order chi connectivity index (χ1) is 20.9. The molecule has 250 valence electrons. The average molecular weight is 625 g/mol. The zero-order valence-electron chi connectivity index (χ0n) is 28.2. The van der Waals surface area contributed by atoms with E-state index in [2.05, 4.69) is 39.1 Å². The van der Waals surface area contributed by atoms with E-state index in [9.17, 15) is 25.2 Å². The number of hydrogen-bond acceptors (Lipinski definition) is 8. The molecule has 3 saturated carbocycles. The summed E-state index contributed by atoms with van der Waals surface area (Å²) >= 11 is 0. The van der Waals surface area contributed by atoms with E-state index >= 15 is 0 Å². The number of fused-ring (bicyclic) bond motifs is 2. The van der Waals surface area contributed by atoms with Crippen LogP contribution in [0.3, 0.4) is 0 Å². The summed E-state index contributed by atoms with van der Waals surface area (Å²) in [5.74, 6) is 0.474. The van der Waals surface area contributed by atoms with Gasteiger partial charge in [0.25, 0.3) is 0 Å². The van der Waals surface area contributed by atoms with Gasteiger partial charge in [-0.15, -0.1) is 0 Å². The first-order valence-electron chi connectivity index (χ1n) is 17.6. The van der Waals surface area contributed by atoms with Crippen LogP contribution in [0.25, 0.3) is 0 Å². The highest BCUT2D eigenvalue weighted by Gasteiger charge is 2.76. The van der Waals surface area contributed by atoms with E-state index in [1.54, 1.807) is 0 Å². The Morgan fingerprint density at radius 3 is 2.49 bits per heavy atom. The molecule has 45 heavy (non-hydrogen) atoms. The van der Waals surface area contributed by atoms with Gasteiger partial charge in [0.15, 0.2) is 5.78 Å². The van der Waals surface area contributed by atoms with Crippen LogP contribution >= 0.6 is 0 Å². The summed E-state index contributed by atoms with van der Waals surface area (Å²) in [7, 11) is 0. The third-order valence-corrected chi connectivity index (χ3v) is 15.0. The van der Waals surface area contributed by atoms with Crippen molar-refractivity contribution in [3.63, 3.8) is 0 Å². The maximum absolute atomic E-state index is 14.1. The lowest BCUT2D eigenvalue weighted by molar-refractivity contribution is -0.164. The summed E-state index contributed by atoms with van der Waals surface area (Å²) in [6.45, 7) is 12.9. The average Bonchev–Trinajstić information content (AvgIpc) is 3.75. The molecule has 2 heterocycles. The molecule has 0 aromatic heterocycles. The summed E-state index contributed by atoms with van der Waals surface area (Å²) in [6.07, 6.45) is 9.81. The number of rotatable bonds is 7. The summed E-state index contributed by atoms with van der Waals surface area (Å²) in [5, 5.41) is 51.2. The molecule has 0 spiro atoms. The number of aliphatic hydroxyl groups is 4. The van der Waals surface area contributed by atoms with Gasteiger partial charge in [-0.2, -0.15) is 0 Å². The second kappa shape index (κ2) is 9.91. The van der Waals surface area contributed by atoms with E-state index in [1.807, 2.05) is 19.9 Å². The lowest BCUT2D eigenvalue weighted by Crippen LogP contribution is -2.64. The van der Waals surface area contributed by atoms with Crippen molar-refractivity contribution in [2.45, 2.75) is 141 Å². The monoisotopic (exact) mass is 624 g/mol. The molecule has 0 aromatic rings. The SMILES string of the molecule is CC(O)(C1OC1C(C)(O)C(C)(C)CCC1=CCNC(N)=C1)C1CC2CCC3=C4C(CCC1(C)C42O)C1(C)CCC(O)CC1C3=O. The van der Waals surface area contributed by atoms with E-state index in [-0.39, 0.29) is 34.9 Å². The Morgan fingerprint density at radius 1 is 1.04 bits per heavy atom. The fraction of sp³-hybridized carbons (Fsp3) is 0.811. The molecule has 2 aliphatic heterocycles. The van der Waals surface area contributed by atoms with Crippen molar-refractivity contribution in [3.05, 3.63) is 34.7 Å². The van der Waals surface area contributed by atoms with Crippen LogP contribution in [0.4, 0.5) is 0 Å². The number of carbonyl (C=O) groups is 1. The van der Waals surface area contributed by atoms with Crippen molar-refractivity contribution in [3.8, 4) is 0 Å². The molecular formula is C37H56N2O6. The normalized spacial score (nSPS) is 46.6. The highest BCUT2D eigenvalue weighted by Crippen LogP contribution is 2.73. The van der Waals surface area contributed by atoms with Crippen LogP contribution in [-0.2, 0) is 9.53 Å². The van der Waals surface area contributed by atoms with Gasteiger partial charge in [0.2, 0.25) is 0 Å². The Kier molecular flexibility index (Phi) is 7.02. The van der Waals surface area contributed by atoms with Crippen LogP contribution in [0.15, 0.2) is 34.7 Å². The van der Waals surface area contributed by atoms with Gasteiger partial charge >= 0.3 is 0 Å². The smallest absolute Gasteiger partial charge is 0.162 e. The number of nitrogens with two attached hydrogens (primary N) is 1. The second-order valence-corrected chi connectivity index (χ2v) is 17.5. The van der Waals surface area contributed by atoms with Crippen LogP contribution in [0.1, 0.15) is 106 Å². The Hall–Kier alpha value is -1.71. The molecule has 7 rings (SSSR count). The molecule has 8 heteroatoms. The van der Waals surface area contributed by atoms with E-state index in [0.29, 0.717) is 38.0 Å². The zero-order valence-corrected chi connectivity index (χ0v) is 28.2. The van der Waals surface area contributed by atoms with Gasteiger partial charge in [-0.3, -0.25) is 4.79 Å². The Labute approximate surface area is 268 Å². The van der Waals surface area contributed by atoms with Gasteiger partial charge in [-0.25, -0.2) is 0 Å². The number of hydrogen-bond donors (Lipinski definition) is 6. The molecule has 8 nitrogen and oxygen atoms in total. The minimum absolute atomic E-state index is 0.0319. The Balaban J connectivity index is 1.15. The van der Waals surface area contributed by atoms with Crippen molar-refractivity contribution in [2.24, 2.45) is 45.7 Å². The standard InChI is InChI=1S/C37H56N2O6/c1-32(2,13-9-20-12-16-39-27(38)17-20)36(6,43)31-30(45-31)35(5,42)26-18-21-7-8-23-28-24(11-15-34(26,4)37(21,28)44)33(3)14-10-22(40)19-25(33)29(23)41/h12,17,21-22,24-26,30-31,39-40,42-44H,7-11,13-16,18-19,38H2,1-6H3. The van der Waals surface area contributed by atoms with Crippen LogP contribution in [0, 0.1) is 39.9 Å². The van der Waals surface area contributed by atoms with Crippen LogP contribution in [0.2, 0.25) is 0 Å². The molecule has 12 atom stereocenters. The number of aliphatic hydroxyl groups excluding tert-OH is 1. The van der Waals surface area contributed by atoms with Crippen molar-refractivity contribution < 1.29 is 30.0 Å². The molecule has 0 bridgehead atoms. The fourth-order valence-corrected chi connectivity index (χ4v) is 11.6. The topological polar surface area (TPSA) is 149 Å². The number of allylic oxidation sites excluding steroid dienone is 3. The number of epoxide rings is 1. The molecule has 0 aromatic carbocycles. The van der Waals surface area contributed by atoms with E-state index in [0.717, 1.165) is 55.2 Å². The molecule has 7 aliphatic rings. The van der Waals surface area contributed by atoms with Gasteiger partial charge in [0.1, 0.15) is 12.2 Å². The van der Waals surface area contributed by atoms with Crippen molar-refractivity contribution >= 4 is 5.78 Å². The zero-order chi connectivity index (χ0) is 32.5. The number of nitrogens with one attached hydrogen (secondary N) is 1.